The normalized spacial score (nSPS) is 14.0. The summed E-state index contributed by atoms with van der Waals surface area (Å²) < 4.78 is 0. The molecule has 0 spiro atoms. The second-order valence-electron chi connectivity index (χ2n) is 15.9. The molecule has 2 heterocycles. The summed E-state index contributed by atoms with van der Waals surface area (Å²) in [5.41, 5.74) is 21.1. The van der Waals surface area contributed by atoms with E-state index < -0.39 is 0 Å². The summed E-state index contributed by atoms with van der Waals surface area (Å²) in [6.07, 6.45) is 0. The zero-order chi connectivity index (χ0) is 37.5. The number of fused-ring (bicyclic) bond motifs is 7. The molecule has 0 bridgehead atoms. The van der Waals surface area contributed by atoms with E-state index in [4.69, 9.17) is 0 Å². The minimum absolute atomic E-state index is 0.0491. The highest BCUT2D eigenvalue weighted by atomic mass is 15.2. The summed E-state index contributed by atoms with van der Waals surface area (Å²) in [7, 11) is 0. The third-order valence-corrected chi connectivity index (χ3v) is 12.2. The van der Waals surface area contributed by atoms with Gasteiger partial charge < -0.3 is 14.7 Å². The third-order valence-electron chi connectivity index (χ3n) is 12.2. The Bertz CT molecular complexity index is 2770. The Kier molecular flexibility index (Phi) is 7.21. The van der Waals surface area contributed by atoms with Gasteiger partial charge >= 0.3 is 0 Å². The first kappa shape index (κ1) is 32.6. The van der Waals surface area contributed by atoms with Gasteiger partial charge in [0.05, 0.1) is 0 Å². The van der Waals surface area contributed by atoms with Crippen molar-refractivity contribution in [3.05, 3.63) is 205 Å². The van der Waals surface area contributed by atoms with Crippen molar-refractivity contribution >= 4 is 74.3 Å². The lowest BCUT2D eigenvalue weighted by Crippen LogP contribution is -2.61. The minimum atomic E-state index is -0.0726. The van der Waals surface area contributed by atoms with E-state index in [2.05, 4.69) is 224 Å². The number of anilines is 9. The maximum absolute atomic E-state index is 2.56. The number of benzene rings is 8. The van der Waals surface area contributed by atoms with Crippen LogP contribution in [0.1, 0.15) is 30.5 Å². The molecule has 8 aromatic rings. The van der Waals surface area contributed by atoms with Gasteiger partial charge in [0.1, 0.15) is 0 Å². The van der Waals surface area contributed by atoms with E-state index in [1.54, 1.807) is 0 Å². The summed E-state index contributed by atoms with van der Waals surface area (Å²) in [4.78, 5) is 7.41. The van der Waals surface area contributed by atoms with Gasteiger partial charge in [-0.2, -0.15) is 0 Å². The molecular formula is C52H40BN3. The molecule has 0 unspecified atom stereocenters. The molecular weight excluding hydrogens is 677 g/mol. The molecule has 4 heteroatoms. The van der Waals surface area contributed by atoms with Crippen LogP contribution in [0.3, 0.4) is 0 Å². The molecule has 0 radical (unpaired) electrons. The molecule has 0 amide bonds. The van der Waals surface area contributed by atoms with Gasteiger partial charge in [0.15, 0.2) is 0 Å². The zero-order valence-electron chi connectivity index (χ0n) is 31.8. The predicted octanol–water partition coefficient (Wildman–Crippen LogP) is 11.9. The lowest BCUT2D eigenvalue weighted by Gasteiger charge is -2.44. The van der Waals surface area contributed by atoms with Gasteiger partial charge in [0.2, 0.25) is 0 Å². The number of nitrogens with zero attached hydrogens (tertiary/aromatic N) is 3. The average Bonchev–Trinajstić information content (AvgIpc) is 3.47. The number of para-hydroxylation sites is 4. The summed E-state index contributed by atoms with van der Waals surface area (Å²) in [5.74, 6) is 0. The molecule has 2 aliphatic heterocycles. The summed E-state index contributed by atoms with van der Waals surface area (Å²) in [6.45, 7) is 7.01. The largest absolute Gasteiger partial charge is 0.311 e. The SMILES string of the molecule is Cc1cc2c3c(c1)N(c1ccc4c(c1)-c1ccccc1C4(C)C)c1cc(N(c4ccccc4)c4ccccc4)ccc1B3c1ccccc1N2c1ccccc1. The molecule has 3 nitrogen and oxygen atoms in total. The smallest absolute Gasteiger partial charge is 0.252 e. The summed E-state index contributed by atoms with van der Waals surface area (Å²) in [5, 5.41) is 0. The topological polar surface area (TPSA) is 9.72 Å². The van der Waals surface area contributed by atoms with Gasteiger partial charge in [-0.05, 0) is 130 Å². The number of hydrogen-bond donors (Lipinski definition) is 0. The van der Waals surface area contributed by atoms with Crippen molar-refractivity contribution in [3.63, 3.8) is 0 Å². The van der Waals surface area contributed by atoms with E-state index in [-0.39, 0.29) is 12.1 Å². The van der Waals surface area contributed by atoms with Gasteiger partial charge in [0, 0.05) is 56.6 Å². The van der Waals surface area contributed by atoms with Crippen LogP contribution in [-0.4, -0.2) is 6.71 Å². The first-order valence-electron chi connectivity index (χ1n) is 19.6. The monoisotopic (exact) mass is 717 g/mol. The molecule has 0 fully saturated rings. The predicted molar refractivity (Wildman–Crippen MR) is 237 cm³/mol. The highest BCUT2D eigenvalue weighted by Crippen LogP contribution is 2.52. The van der Waals surface area contributed by atoms with Crippen molar-refractivity contribution < 1.29 is 0 Å². The summed E-state index contributed by atoms with van der Waals surface area (Å²) >= 11 is 0. The fraction of sp³-hybridized carbons (Fsp3) is 0.0769. The van der Waals surface area contributed by atoms with Crippen molar-refractivity contribution in [3.8, 4) is 11.1 Å². The van der Waals surface area contributed by atoms with Crippen LogP contribution in [0.5, 0.6) is 0 Å². The maximum Gasteiger partial charge on any atom is 0.252 e. The molecule has 1 aliphatic carbocycles. The molecule has 0 N–H and O–H groups in total. The lowest BCUT2D eigenvalue weighted by molar-refractivity contribution is 0.660. The average molecular weight is 718 g/mol. The zero-order valence-corrected chi connectivity index (χ0v) is 31.8. The fourth-order valence-corrected chi connectivity index (χ4v) is 9.79. The quantitative estimate of drug-likeness (QED) is 0.164. The molecule has 0 saturated carbocycles. The van der Waals surface area contributed by atoms with Crippen LogP contribution in [0.25, 0.3) is 11.1 Å². The lowest BCUT2D eigenvalue weighted by atomic mass is 9.33. The van der Waals surface area contributed by atoms with Crippen molar-refractivity contribution in [2.45, 2.75) is 26.2 Å². The van der Waals surface area contributed by atoms with E-state index in [0.29, 0.717) is 0 Å². The van der Waals surface area contributed by atoms with Gasteiger partial charge in [-0.25, -0.2) is 0 Å². The van der Waals surface area contributed by atoms with Crippen LogP contribution in [0.2, 0.25) is 0 Å². The van der Waals surface area contributed by atoms with Crippen molar-refractivity contribution in [1.82, 2.24) is 0 Å². The number of rotatable bonds is 5. The van der Waals surface area contributed by atoms with E-state index >= 15 is 0 Å². The van der Waals surface area contributed by atoms with Crippen LogP contribution in [0, 0.1) is 6.92 Å². The van der Waals surface area contributed by atoms with Crippen LogP contribution < -0.4 is 31.1 Å². The van der Waals surface area contributed by atoms with Gasteiger partial charge in [0.25, 0.3) is 6.71 Å². The van der Waals surface area contributed by atoms with E-state index in [1.807, 2.05) is 0 Å². The van der Waals surface area contributed by atoms with Gasteiger partial charge in [-0.1, -0.05) is 123 Å². The van der Waals surface area contributed by atoms with E-state index in [1.165, 1.54) is 67.0 Å². The Labute approximate surface area is 329 Å². The molecule has 266 valence electrons. The van der Waals surface area contributed by atoms with Crippen LogP contribution >= 0.6 is 0 Å². The number of aryl methyl sites for hydroxylation is 1. The highest BCUT2D eigenvalue weighted by Gasteiger charge is 2.44. The molecule has 0 atom stereocenters. The first-order valence-corrected chi connectivity index (χ1v) is 19.6. The molecule has 11 rings (SSSR count). The van der Waals surface area contributed by atoms with Gasteiger partial charge in [-0.3, -0.25) is 0 Å². The fourth-order valence-electron chi connectivity index (χ4n) is 9.79. The number of hydrogen-bond acceptors (Lipinski definition) is 3. The maximum atomic E-state index is 2.56. The van der Waals surface area contributed by atoms with Gasteiger partial charge in [-0.15, -0.1) is 0 Å². The molecule has 8 aromatic carbocycles. The van der Waals surface area contributed by atoms with E-state index in [9.17, 15) is 0 Å². The Balaban J connectivity index is 1.21. The third kappa shape index (κ3) is 4.78. The highest BCUT2D eigenvalue weighted by molar-refractivity contribution is 7.00. The standard InChI is InChI=1S/C52H40BN3/c1-35-31-49-51-50(32-35)56(39-27-29-44-42(33-39)41-23-13-14-24-43(41)52(44,2)3)48-34-40(54(36-17-7-4-8-18-36)37-19-9-5-10-20-37)28-30-46(48)53(51)45-25-15-16-26-47(45)55(49)38-21-11-6-12-22-38/h4-34H,1-3H3. The van der Waals surface area contributed by atoms with Crippen molar-refractivity contribution in [2.24, 2.45) is 0 Å². The Morgan fingerprint density at radius 3 is 1.71 bits per heavy atom. The minimum Gasteiger partial charge on any atom is -0.311 e. The second-order valence-corrected chi connectivity index (χ2v) is 15.9. The molecule has 56 heavy (non-hydrogen) atoms. The van der Waals surface area contributed by atoms with E-state index in [0.717, 1.165) is 28.4 Å². The van der Waals surface area contributed by atoms with Crippen LogP contribution in [0.15, 0.2) is 188 Å². The van der Waals surface area contributed by atoms with Crippen molar-refractivity contribution in [2.75, 3.05) is 14.7 Å². The van der Waals surface area contributed by atoms with Crippen LogP contribution in [0.4, 0.5) is 51.2 Å². The molecule has 0 aromatic heterocycles. The first-order chi connectivity index (χ1) is 27.5. The Morgan fingerprint density at radius 2 is 1.00 bits per heavy atom. The summed E-state index contributed by atoms with van der Waals surface area (Å²) in [6, 6.07) is 69.4. The Morgan fingerprint density at radius 1 is 0.429 bits per heavy atom. The Hall–Kier alpha value is -6.78. The van der Waals surface area contributed by atoms with Crippen molar-refractivity contribution in [1.29, 1.82) is 0 Å². The molecule has 0 saturated heterocycles. The van der Waals surface area contributed by atoms with Crippen LogP contribution in [-0.2, 0) is 5.41 Å². The molecule has 3 aliphatic rings. The second kappa shape index (κ2) is 12.4.